The van der Waals surface area contributed by atoms with E-state index in [0.29, 0.717) is 0 Å². The summed E-state index contributed by atoms with van der Waals surface area (Å²) in [5, 5.41) is 3.87. The van der Waals surface area contributed by atoms with Gasteiger partial charge < -0.3 is 19.5 Å². The molecule has 2 heterocycles. The second-order valence-electron chi connectivity index (χ2n) is 12.0. The lowest BCUT2D eigenvalue weighted by Gasteiger charge is -2.43. The molecular formula is C32H45NO3. The Morgan fingerprint density at radius 3 is 1.94 bits per heavy atom. The molecule has 4 rings (SSSR count). The molecular weight excluding hydrogens is 446 g/mol. The van der Waals surface area contributed by atoms with Gasteiger partial charge >= 0.3 is 0 Å². The first kappa shape index (κ1) is 26.8. The minimum atomic E-state index is -0.545. The zero-order valence-electron chi connectivity index (χ0n) is 24.9. The van der Waals surface area contributed by atoms with Crippen LogP contribution in [0.15, 0.2) is 5.57 Å². The van der Waals surface area contributed by atoms with Gasteiger partial charge in [-0.15, -0.1) is 0 Å². The van der Waals surface area contributed by atoms with E-state index in [4.69, 9.17) is 14.2 Å². The van der Waals surface area contributed by atoms with E-state index in [9.17, 15) is 0 Å². The molecule has 196 valence electrons. The minimum Gasteiger partial charge on any atom is -0.460 e. The maximum absolute atomic E-state index is 6.88. The molecule has 0 bridgehead atoms. The van der Waals surface area contributed by atoms with E-state index in [1.165, 1.54) is 66.9 Å². The highest BCUT2D eigenvalue weighted by Crippen LogP contribution is 2.56. The lowest BCUT2D eigenvalue weighted by atomic mass is 9.75. The van der Waals surface area contributed by atoms with Crippen LogP contribution in [0.1, 0.15) is 99.3 Å². The van der Waals surface area contributed by atoms with Gasteiger partial charge in [-0.05, 0) is 140 Å². The molecule has 2 aromatic rings. The Morgan fingerprint density at radius 2 is 1.36 bits per heavy atom. The van der Waals surface area contributed by atoms with Crippen LogP contribution in [0.3, 0.4) is 0 Å². The van der Waals surface area contributed by atoms with Crippen molar-refractivity contribution in [2.75, 3.05) is 12.4 Å². The van der Waals surface area contributed by atoms with Gasteiger partial charge in [0.25, 0.3) is 0 Å². The van der Waals surface area contributed by atoms with Gasteiger partial charge in [-0.3, -0.25) is 0 Å². The number of ether oxygens (including phenoxy) is 3. The van der Waals surface area contributed by atoms with E-state index in [2.05, 4.69) is 95.3 Å². The van der Waals surface area contributed by atoms with Gasteiger partial charge in [0.15, 0.2) is 0 Å². The van der Waals surface area contributed by atoms with Gasteiger partial charge in [0.05, 0.1) is 17.2 Å². The van der Waals surface area contributed by atoms with Crippen molar-refractivity contribution in [3.63, 3.8) is 0 Å². The average Bonchev–Trinajstić information content (AvgIpc) is 2.82. The largest absolute Gasteiger partial charge is 0.460 e. The number of rotatable bonds is 4. The molecule has 2 atom stereocenters. The fraction of sp³-hybridized carbons (Fsp3) is 0.562. The first-order chi connectivity index (χ1) is 16.6. The van der Waals surface area contributed by atoms with Crippen molar-refractivity contribution in [1.82, 2.24) is 0 Å². The summed E-state index contributed by atoms with van der Waals surface area (Å²) in [6.45, 7) is 28.5. The maximum Gasteiger partial charge on any atom is 0.228 e. The third kappa shape index (κ3) is 3.71. The Labute approximate surface area is 218 Å². The highest BCUT2D eigenvalue weighted by atomic mass is 16.7. The van der Waals surface area contributed by atoms with Crippen molar-refractivity contribution in [3.05, 3.63) is 50.1 Å². The molecule has 2 aliphatic heterocycles. The summed E-state index contributed by atoms with van der Waals surface area (Å²) in [6, 6.07) is 0. The molecule has 2 unspecified atom stereocenters. The van der Waals surface area contributed by atoms with Crippen molar-refractivity contribution >= 4 is 11.3 Å². The molecule has 0 aromatic heterocycles. The van der Waals surface area contributed by atoms with Gasteiger partial charge in [-0.25, -0.2) is 0 Å². The van der Waals surface area contributed by atoms with Crippen LogP contribution in [0, 0.1) is 41.5 Å². The number of methoxy groups -OCH3 is 1. The molecule has 4 nitrogen and oxygen atoms in total. The summed E-state index contributed by atoms with van der Waals surface area (Å²) in [4.78, 5) is 0. The monoisotopic (exact) mass is 491 g/mol. The molecule has 36 heavy (non-hydrogen) atoms. The standard InChI is InChI=1S/C32H45NO3/c1-15-16(2)20(6)29-26(17(15)3)24-18(4)19(5)28-25(21(7)22(8)31(10,11)33-28)27(24)30(36-29)35-23(9)32(12,13)34-14/h23,30,33H,1-14H3. The maximum atomic E-state index is 6.88. The second kappa shape index (κ2) is 8.63. The van der Waals surface area contributed by atoms with Gasteiger partial charge in [0, 0.05) is 29.5 Å². The van der Waals surface area contributed by atoms with Crippen LogP contribution in [0.25, 0.3) is 16.7 Å². The predicted molar refractivity (Wildman–Crippen MR) is 151 cm³/mol. The quantitative estimate of drug-likeness (QED) is 0.466. The molecule has 0 spiro atoms. The molecule has 1 N–H and O–H groups in total. The van der Waals surface area contributed by atoms with Crippen LogP contribution in [-0.2, 0) is 9.47 Å². The van der Waals surface area contributed by atoms with Crippen molar-refractivity contribution in [1.29, 1.82) is 0 Å². The van der Waals surface area contributed by atoms with Crippen molar-refractivity contribution in [2.45, 2.75) is 114 Å². The minimum absolute atomic E-state index is 0.127. The van der Waals surface area contributed by atoms with Crippen LogP contribution in [0.4, 0.5) is 5.69 Å². The zero-order chi connectivity index (χ0) is 27.1. The third-order valence-corrected chi connectivity index (χ3v) is 9.59. The molecule has 0 aliphatic carbocycles. The number of anilines is 1. The summed E-state index contributed by atoms with van der Waals surface area (Å²) in [5.74, 6) is 0.945. The van der Waals surface area contributed by atoms with Gasteiger partial charge in [0.1, 0.15) is 5.75 Å². The van der Waals surface area contributed by atoms with Gasteiger partial charge in [-0.2, -0.15) is 0 Å². The number of nitrogens with one attached hydrogen (secondary N) is 1. The normalized spacial score (nSPS) is 19.2. The molecule has 0 amide bonds. The highest BCUT2D eigenvalue weighted by molar-refractivity contribution is 5.95. The summed E-state index contributed by atoms with van der Waals surface area (Å²) in [6.07, 6.45) is -0.735. The van der Waals surface area contributed by atoms with Crippen molar-refractivity contribution < 1.29 is 14.2 Å². The fourth-order valence-corrected chi connectivity index (χ4v) is 5.69. The lowest BCUT2D eigenvalue weighted by molar-refractivity contribution is -0.181. The third-order valence-electron chi connectivity index (χ3n) is 9.59. The van der Waals surface area contributed by atoms with E-state index in [1.54, 1.807) is 7.11 Å². The van der Waals surface area contributed by atoms with Crippen LogP contribution < -0.4 is 10.1 Å². The smallest absolute Gasteiger partial charge is 0.228 e. The average molecular weight is 492 g/mol. The SMILES string of the molecule is COC(C)(C)C(C)OC1Oc2c(C)c(C)c(C)c(C)c2-c2c(C)c(C)c3c(c21)C(C)=C(C)C(C)(C)N3. The van der Waals surface area contributed by atoms with Gasteiger partial charge in [-0.1, -0.05) is 0 Å². The van der Waals surface area contributed by atoms with E-state index >= 15 is 0 Å². The molecule has 2 aliphatic rings. The van der Waals surface area contributed by atoms with Crippen LogP contribution in [0.5, 0.6) is 5.75 Å². The second-order valence-corrected chi connectivity index (χ2v) is 12.0. The van der Waals surface area contributed by atoms with E-state index in [1.807, 2.05) is 0 Å². The molecule has 0 radical (unpaired) electrons. The molecule has 0 saturated carbocycles. The van der Waals surface area contributed by atoms with Crippen LogP contribution >= 0.6 is 0 Å². The number of allylic oxidation sites excluding steroid dienone is 1. The number of hydrogen-bond acceptors (Lipinski definition) is 4. The summed E-state index contributed by atoms with van der Waals surface area (Å²) < 4.78 is 19.5. The van der Waals surface area contributed by atoms with E-state index in [0.717, 1.165) is 11.3 Å². The van der Waals surface area contributed by atoms with Gasteiger partial charge in [0.2, 0.25) is 6.29 Å². The summed E-state index contributed by atoms with van der Waals surface area (Å²) in [7, 11) is 1.74. The zero-order valence-corrected chi connectivity index (χ0v) is 24.9. The topological polar surface area (TPSA) is 39.7 Å². The molecule has 0 fully saturated rings. The Hall–Kier alpha value is -2.30. The number of benzene rings is 2. The van der Waals surface area contributed by atoms with E-state index in [-0.39, 0.29) is 11.6 Å². The first-order valence-electron chi connectivity index (χ1n) is 13.2. The lowest BCUT2D eigenvalue weighted by Crippen LogP contribution is -2.41. The van der Waals surface area contributed by atoms with Crippen LogP contribution in [-0.4, -0.2) is 24.4 Å². The molecule has 0 saturated heterocycles. The molecule has 4 heteroatoms. The predicted octanol–water partition coefficient (Wildman–Crippen LogP) is 8.42. The summed E-state index contributed by atoms with van der Waals surface area (Å²) in [5.41, 5.74) is 15.7. The van der Waals surface area contributed by atoms with E-state index < -0.39 is 11.9 Å². The first-order valence-corrected chi connectivity index (χ1v) is 13.2. The Kier molecular flexibility index (Phi) is 6.41. The van der Waals surface area contributed by atoms with Crippen molar-refractivity contribution in [2.24, 2.45) is 0 Å². The number of fused-ring (bicyclic) bond motifs is 5. The Bertz CT molecular complexity index is 1300. The summed E-state index contributed by atoms with van der Waals surface area (Å²) >= 11 is 0. The van der Waals surface area contributed by atoms with Crippen LogP contribution in [0.2, 0.25) is 0 Å². The Morgan fingerprint density at radius 1 is 0.806 bits per heavy atom. The number of hydrogen-bond donors (Lipinski definition) is 1. The Balaban J connectivity index is 2.13. The molecule has 2 aromatic carbocycles. The fourth-order valence-electron chi connectivity index (χ4n) is 5.69. The highest BCUT2D eigenvalue weighted by Gasteiger charge is 2.41. The van der Waals surface area contributed by atoms with Crippen molar-refractivity contribution in [3.8, 4) is 16.9 Å².